The predicted molar refractivity (Wildman–Crippen MR) is 69.2 cm³/mol. The summed E-state index contributed by atoms with van der Waals surface area (Å²) in [5, 5.41) is 2.67. The van der Waals surface area contributed by atoms with Crippen LogP contribution in [0.1, 0.15) is 30.0 Å². The fourth-order valence-corrected chi connectivity index (χ4v) is 1.58. The summed E-state index contributed by atoms with van der Waals surface area (Å²) in [6.45, 7) is 6.62. The minimum Gasteiger partial charge on any atom is -0.355 e. The number of carbonyl (C=O) groups excluding carboxylic acids is 2. The first kappa shape index (κ1) is 14.2. The molecular weight excluding hydrogens is 230 g/mol. The number of carbonyl (C=O) groups is 2. The SMILES string of the molecule is CCNC(=O)CN(CC)C(=O)c1cccc(C)n1. The zero-order valence-corrected chi connectivity index (χ0v) is 11.1. The standard InChI is InChI=1S/C13H19N3O2/c1-4-14-12(17)9-16(5-2)13(18)11-8-6-7-10(3)15-11/h6-8H,4-5,9H2,1-3H3,(H,14,17). The summed E-state index contributed by atoms with van der Waals surface area (Å²) >= 11 is 0. The van der Waals surface area contributed by atoms with Crippen LogP contribution in [0, 0.1) is 6.92 Å². The van der Waals surface area contributed by atoms with Crippen LogP contribution in [0.4, 0.5) is 0 Å². The lowest BCUT2D eigenvalue weighted by molar-refractivity contribution is -0.121. The fourth-order valence-electron chi connectivity index (χ4n) is 1.58. The van der Waals surface area contributed by atoms with Gasteiger partial charge < -0.3 is 10.2 Å². The second-order valence-electron chi connectivity index (χ2n) is 3.94. The van der Waals surface area contributed by atoms with Crippen molar-refractivity contribution in [3.05, 3.63) is 29.6 Å². The summed E-state index contributed by atoms with van der Waals surface area (Å²) in [5.41, 5.74) is 1.16. The van der Waals surface area contributed by atoms with Crippen molar-refractivity contribution in [1.29, 1.82) is 0 Å². The number of likely N-dealkylation sites (N-methyl/N-ethyl adjacent to an activating group) is 2. The molecule has 18 heavy (non-hydrogen) atoms. The number of pyridine rings is 1. The van der Waals surface area contributed by atoms with Crippen molar-refractivity contribution >= 4 is 11.8 Å². The lowest BCUT2D eigenvalue weighted by atomic mass is 10.2. The maximum absolute atomic E-state index is 12.2. The van der Waals surface area contributed by atoms with E-state index in [4.69, 9.17) is 0 Å². The molecule has 1 aromatic heterocycles. The molecular formula is C13H19N3O2. The van der Waals surface area contributed by atoms with Crippen molar-refractivity contribution < 1.29 is 9.59 Å². The Morgan fingerprint density at radius 3 is 2.61 bits per heavy atom. The summed E-state index contributed by atoms with van der Waals surface area (Å²) in [7, 11) is 0. The van der Waals surface area contributed by atoms with Crippen molar-refractivity contribution in [1.82, 2.24) is 15.2 Å². The third-order valence-corrected chi connectivity index (χ3v) is 2.48. The molecule has 1 rings (SSSR count). The highest BCUT2D eigenvalue weighted by atomic mass is 16.2. The molecule has 0 aliphatic heterocycles. The van der Waals surface area contributed by atoms with E-state index in [2.05, 4.69) is 10.3 Å². The van der Waals surface area contributed by atoms with E-state index in [1.165, 1.54) is 4.90 Å². The first-order valence-corrected chi connectivity index (χ1v) is 6.08. The van der Waals surface area contributed by atoms with Crippen molar-refractivity contribution in [2.24, 2.45) is 0 Å². The van der Waals surface area contributed by atoms with Gasteiger partial charge in [0.1, 0.15) is 5.69 Å². The molecule has 0 aromatic carbocycles. The summed E-state index contributed by atoms with van der Waals surface area (Å²) in [5.74, 6) is -0.368. The number of nitrogens with one attached hydrogen (secondary N) is 1. The number of nitrogens with zero attached hydrogens (tertiary/aromatic N) is 2. The van der Waals surface area contributed by atoms with E-state index < -0.39 is 0 Å². The van der Waals surface area contributed by atoms with Gasteiger partial charge in [0.2, 0.25) is 5.91 Å². The Labute approximate surface area is 107 Å². The van der Waals surface area contributed by atoms with Crippen LogP contribution in [0.3, 0.4) is 0 Å². The molecule has 1 aromatic rings. The van der Waals surface area contributed by atoms with E-state index in [0.29, 0.717) is 18.8 Å². The van der Waals surface area contributed by atoms with E-state index in [1.807, 2.05) is 26.8 Å². The van der Waals surface area contributed by atoms with Crippen molar-refractivity contribution in [3.8, 4) is 0 Å². The Hall–Kier alpha value is -1.91. The van der Waals surface area contributed by atoms with Gasteiger partial charge in [-0.2, -0.15) is 0 Å². The highest BCUT2D eigenvalue weighted by Gasteiger charge is 2.17. The van der Waals surface area contributed by atoms with Crippen molar-refractivity contribution in [3.63, 3.8) is 0 Å². The molecule has 1 N–H and O–H groups in total. The molecule has 5 nitrogen and oxygen atoms in total. The average molecular weight is 249 g/mol. The summed E-state index contributed by atoms with van der Waals surface area (Å²) < 4.78 is 0. The molecule has 5 heteroatoms. The van der Waals surface area contributed by atoms with Crippen LogP contribution in [-0.2, 0) is 4.79 Å². The molecule has 0 aliphatic carbocycles. The van der Waals surface area contributed by atoms with E-state index in [0.717, 1.165) is 5.69 Å². The van der Waals surface area contributed by atoms with E-state index >= 15 is 0 Å². The topological polar surface area (TPSA) is 62.3 Å². The third kappa shape index (κ3) is 3.84. The van der Waals surface area contributed by atoms with Gasteiger partial charge in [0.25, 0.3) is 5.91 Å². The van der Waals surface area contributed by atoms with Gasteiger partial charge in [0.05, 0.1) is 6.54 Å². The summed E-state index contributed by atoms with van der Waals surface area (Å²) in [4.78, 5) is 29.3. The van der Waals surface area contributed by atoms with Crippen LogP contribution >= 0.6 is 0 Å². The molecule has 0 spiro atoms. The van der Waals surface area contributed by atoms with Crippen LogP contribution in [0.5, 0.6) is 0 Å². The average Bonchev–Trinajstić information content (AvgIpc) is 2.35. The van der Waals surface area contributed by atoms with Gasteiger partial charge in [-0.3, -0.25) is 9.59 Å². The third-order valence-electron chi connectivity index (χ3n) is 2.48. The molecule has 0 radical (unpaired) electrons. The van der Waals surface area contributed by atoms with Crippen LogP contribution in [-0.4, -0.2) is 41.3 Å². The lowest BCUT2D eigenvalue weighted by Crippen LogP contribution is -2.40. The number of amides is 2. The molecule has 0 saturated heterocycles. The minimum absolute atomic E-state index is 0.0682. The normalized spacial score (nSPS) is 9.94. The molecule has 98 valence electrons. The van der Waals surface area contributed by atoms with Crippen LogP contribution < -0.4 is 5.32 Å². The van der Waals surface area contributed by atoms with E-state index in [1.54, 1.807) is 12.1 Å². The number of aromatic nitrogens is 1. The number of hydrogen-bond acceptors (Lipinski definition) is 3. The van der Waals surface area contributed by atoms with Crippen LogP contribution in [0.25, 0.3) is 0 Å². The number of hydrogen-bond donors (Lipinski definition) is 1. The molecule has 0 unspecified atom stereocenters. The first-order chi connectivity index (χ1) is 8.58. The highest BCUT2D eigenvalue weighted by Crippen LogP contribution is 2.03. The maximum Gasteiger partial charge on any atom is 0.272 e. The molecule has 0 fully saturated rings. The van der Waals surface area contributed by atoms with Crippen LogP contribution in [0.15, 0.2) is 18.2 Å². The molecule has 2 amide bonds. The fraction of sp³-hybridized carbons (Fsp3) is 0.462. The zero-order chi connectivity index (χ0) is 13.5. The molecule has 0 bridgehead atoms. The lowest BCUT2D eigenvalue weighted by Gasteiger charge is -2.19. The Kier molecular flexibility index (Phi) is 5.30. The summed E-state index contributed by atoms with van der Waals surface area (Å²) in [6, 6.07) is 5.28. The maximum atomic E-state index is 12.2. The molecule has 0 saturated carbocycles. The van der Waals surface area contributed by atoms with Gasteiger partial charge >= 0.3 is 0 Å². The monoisotopic (exact) mass is 249 g/mol. The smallest absolute Gasteiger partial charge is 0.272 e. The number of rotatable bonds is 5. The van der Waals surface area contributed by atoms with Gasteiger partial charge in [-0.25, -0.2) is 4.98 Å². The highest BCUT2D eigenvalue weighted by molar-refractivity contribution is 5.94. The minimum atomic E-state index is -0.215. The largest absolute Gasteiger partial charge is 0.355 e. The first-order valence-electron chi connectivity index (χ1n) is 6.08. The van der Waals surface area contributed by atoms with Crippen molar-refractivity contribution in [2.75, 3.05) is 19.6 Å². The predicted octanol–water partition coefficient (Wildman–Crippen LogP) is 0.988. The zero-order valence-electron chi connectivity index (χ0n) is 11.1. The van der Waals surface area contributed by atoms with Crippen molar-refractivity contribution in [2.45, 2.75) is 20.8 Å². The van der Waals surface area contributed by atoms with Gasteiger partial charge in [0, 0.05) is 18.8 Å². The Bertz CT molecular complexity index is 432. The second-order valence-corrected chi connectivity index (χ2v) is 3.94. The van der Waals surface area contributed by atoms with Crippen LogP contribution in [0.2, 0.25) is 0 Å². The second kappa shape index (κ2) is 6.74. The summed E-state index contributed by atoms with van der Waals surface area (Å²) in [6.07, 6.45) is 0. The van der Waals surface area contributed by atoms with Gasteiger partial charge in [-0.1, -0.05) is 6.07 Å². The Morgan fingerprint density at radius 1 is 1.33 bits per heavy atom. The number of aryl methyl sites for hydroxylation is 1. The van der Waals surface area contributed by atoms with Gasteiger partial charge in [-0.05, 0) is 32.9 Å². The molecule has 0 aliphatic rings. The Morgan fingerprint density at radius 2 is 2.06 bits per heavy atom. The van der Waals surface area contributed by atoms with E-state index in [-0.39, 0.29) is 18.4 Å². The molecule has 0 atom stereocenters. The van der Waals surface area contributed by atoms with Gasteiger partial charge in [0.15, 0.2) is 0 Å². The molecule has 1 heterocycles. The van der Waals surface area contributed by atoms with E-state index in [9.17, 15) is 9.59 Å². The van der Waals surface area contributed by atoms with Gasteiger partial charge in [-0.15, -0.1) is 0 Å². The quantitative estimate of drug-likeness (QED) is 0.846. The Balaban J connectivity index is 2.76.